The van der Waals surface area contributed by atoms with Gasteiger partial charge >= 0.3 is 17.9 Å². The monoisotopic (exact) mass is 987 g/mol. The third-order valence-corrected chi connectivity index (χ3v) is 12.5. The second-order valence-electron chi connectivity index (χ2n) is 19.5. The molecule has 0 heterocycles. The van der Waals surface area contributed by atoms with Gasteiger partial charge in [-0.05, 0) is 122 Å². The summed E-state index contributed by atoms with van der Waals surface area (Å²) in [5.41, 5.74) is 0. The molecule has 0 aromatic heterocycles. The quantitative estimate of drug-likeness (QED) is 0.0261. The first-order valence-corrected chi connectivity index (χ1v) is 29.7. The van der Waals surface area contributed by atoms with Crippen LogP contribution in [0.15, 0.2) is 97.2 Å². The first-order chi connectivity index (χ1) is 35.0. The van der Waals surface area contributed by atoms with Crippen LogP contribution >= 0.6 is 0 Å². The van der Waals surface area contributed by atoms with Crippen molar-refractivity contribution in [3.05, 3.63) is 97.2 Å². The van der Waals surface area contributed by atoms with Crippen LogP contribution in [0.25, 0.3) is 0 Å². The van der Waals surface area contributed by atoms with E-state index in [0.717, 1.165) is 128 Å². The number of rotatable bonds is 53. The van der Waals surface area contributed by atoms with E-state index in [1.807, 2.05) is 0 Å². The maximum atomic E-state index is 12.9. The van der Waals surface area contributed by atoms with Crippen LogP contribution in [0.1, 0.15) is 278 Å². The molecule has 0 bridgehead atoms. The van der Waals surface area contributed by atoms with Crippen LogP contribution in [0.2, 0.25) is 0 Å². The number of hydrogen-bond acceptors (Lipinski definition) is 6. The molecule has 0 aromatic carbocycles. The van der Waals surface area contributed by atoms with Gasteiger partial charge in [0.1, 0.15) is 13.2 Å². The van der Waals surface area contributed by atoms with Crippen molar-refractivity contribution in [2.24, 2.45) is 0 Å². The zero-order valence-electron chi connectivity index (χ0n) is 46.5. The van der Waals surface area contributed by atoms with E-state index in [1.165, 1.54) is 109 Å². The Kier molecular flexibility index (Phi) is 55.9. The van der Waals surface area contributed by atoms with Gasteiger partial charge < -0.3 is 14.2 Å². The number of carbonyl (C=O) groups excluding carboxylic acids is 3. The molecule has 0 aliphatic rings. The van der Waals surface area contributed by atoms with E-state index >= 15 is 0 Å². The van der Waals surface area contributed by atoms with E-state index in [9.17, 15) is 14.4 Å². The van der Waals surface area contributed by atoms with Crippen LogP contribution in [0, 0.1) is 0 Å². The van der Waals surface area contributed by atoms with Crippen LogP contribution in [0.5, 0.6) is 0 Å². The molecule has 0 N–H and O–H groups in total. The normalized spacial score (nSPS) is 12.8. The summed E-state index contributed by atoms with van der Waals surface area (Å²) in [5.74, 6) is -0.921. The van der Waals surface area contributed by atoms with E-state index in [0.29, 0.717) is 19.3 Å². The van der Waals surface area contributed by atoms with Gasteiger partial charge in [-0.1, -0.05) is 234 Å². The van der Waals surface area contributed by atoms with E-state index in [2.05, 4.69) is 118 Å². The van der Waals surface area contributed by atoms with Gasteiger partial charge in [-0.15, -0.1) is 0 Å². The molecule has 0 aliphatic heterocycles. The maximum absolute atomic E-state index is 12.9. The minimum absolute atomic E-state index is 0.0915. The third kappa shape index (κ3) is 57.1. The number of esters is 3. The van der Waals surface area contributed by atoms with Gasteiger partial charge in [-0.3, -0.25) is 14.4 Å². The average Bonchev–Trinajstić information content (AvgIpc) is 3.37. The Morgan fingerprint density at radius 3 is 0.901 bits per heavy atom. The third-order valence-electron chi connectivity index (χ3n) is 12.5. The van der Waals surface area contributed by atoms with E-state index in [-0.39, 0.29) is 31.1 Å². The Labute approximate surface area is 438 Å². The lowest BCUT2D eigenvalue weighted by Crippen LogP contribution is -2.30. The fraction of sp³-hybridized carbons (Fsp3) is 0.708. The van der Waals surface area contributed by atoms with Crippen molar-refractivity contribution in [3.8, 4) is 0 Å². The number of ether oxygens (including phenoxy) is 3. The van der Waals surface area contributed by atoms with E-state index < -0.39 is 6.10 Å². The molecule has 0 saturated heterocycles. The average molecular weight is 988 g/mol. The molecule has 0 amide bonds. The highest BCUT2D eigenvalue weighted by Crippen LogP contribution is 2.14. The molecule has 0 saturated carbocycles. The maximum Gasteiger partial charge on any atom is 0.306 e. The molecule has 406 valence electrons. The fourth-order valence-electron chi connectivity index (χ4n) is 8.08. The molecule has 0 radical (unpaired) electrons. The first-order valence-electron chi connectivity index (χ1n) is 29.7. The van der Waals surface area contributed by atoms with Crippen molar-refractivity contribution in [2.75, 3.05) is 13.2 Å². The summed E-state index contributed by atoms with van der Waals surface area (Å²) in [6.07, 6.45) is 78.2. The lowest BCUT2D eigenvalue weighted by Gasteiger charge is -2.18. The van der Waals surface area contributed by atoms with Gasteiger partial charge in [0.05, 0.1) is 0 Å². The SMILES string of the molecule is CC/C=C\C/C=C\C/C=C\C/C=C\C/C=C\CCCCCCCC(=O)OCC(COC(=O)CCCCCCC/C=C\CCCCCCCC)OC(=O)CCCCCCCCC/C=C\C/C=C\CCCCC. The van der Waals surface area contributed by atoms with Gasteiger partial charge in [0.2, 0.25) is 0 Å². The van der Waals surface area contributed by atoms with Crippen molar-refractivity contribution in [2.45, 2.75) is 284 Å². The molecule has 0 rings (SSSR count). The largest absolute Gasteiger partial charge is 0.462 e. The Balaban J connectivity index is 4.44. The molecule has 71 heavy (non-hydrogen) atoms. The van der Waals surface area contributed by atoms with Crippen molar-refractivity contribution < 1.29 is 28.6 Å². The van der Waals surface area contributed by atoms with Gasteiger partial charge in [-0.25, -0.2) is 0 Å². The topological polar surface area (TPSA) is 78.9 Å². The summed E-state index contributed by atoms with van der Waals surface area (Å²) < 4.78 is 16.9. The second kappa shape index (κ2) is 58.9. The van der Waals surface area contributed by atoms with Crippen molar-refractivity contribution >= 4 is 17.9 Å². The van der Waals surface area contributed by atoms with Crippen molar-refractivity contribution in [1.29, 1.82) is 0 Å². The van der Waals surface area contributed by atoms with Crippen LogP contribution in [-0.4, -0.2) is 37.2 Å². The molecule has 0 aliphatic carbocycles. The molecular weight excluding hydrogens is 877 g/mol. The van der Waals surface area contributed by atoms with Crippen LogP contribution in [0.4, 0.5) is 0 Å². The summed E-state index contributed by atoms with van der Waals surface area (Å²) in [6, 6.07) is 0. The van der Waals surface area contributed by atoms with Gasteiger partial charge in [0.25, 0.3) is 0 Å². The van der Waals surface area contributed by atoms with Crippen LogP contribution < -0.4 is 0 Å². The minimum atomic E-state index is -0.795. The predicted molar refractivity (Wildman–Crippen MR) is 307 cm³/mol. The Morgan fingerprint density at radius 1 is 0.296 bits per heavy atom. The predicted octanol–water partition coefficient (Wildman–Crippen LogP) is 20.1. The lowest BCUT2D eigenvalue weighted by atomic mass is 10.1. The Hall–Kier alpha value is -3.67. The smallest absolute Gasteiger partial charge is 0.306 e. The molecule has 0 fully saturated rings. The zero-order valence-corrected chi connectivity index (χ0v) is 46.5. The highest BCUT2D eigenvalue weighted by Gasteiger charge is 2.19. The molecule has 0 aromatic rings. The first kappa shape index (κ1) is 67.3. The second-order valence-corrected chi connectivity index (χ2v) is 19.5. The van der Waals surface area contributed by atoms with E-state index in [4.69, 9.17) is 14.2 Å². The number of allylic oxidation sites excluding steroid dienone is 16. The number of hydrogen-bond donors (Lipinski definition) is 0. The number of carbonyl (C=O) groups is 3. The standard InChI is InChI=1S/C65H110O6/c1-4-7-10-13-16-19-22-25-28-30-31-32-33-35-37-40-43-46-49-52-55-58-64(67)70-61-62(60-69-63(66)57-54-51-48-45-42-39-36-27-24-21-18-15-12-9-6-3)71-65(68)59-56-53-50-47-44-41-38-34-29-26-23-20-17-14-11-8-5-2/h7,10,16-17,19-20,25-29,31-32,35-37,62H,4-6,8-9,11-15,18,21-24,30,33-34,38-61H2,1-3H3/b10-7-,19-16-,20-17-,28-25-,29-26-,32-31-,36-27-,37-35-. The molecule has 0 spiro atoms. The van der Waals surface area contributed by atoms with Gasteiger partial charge in [-0.2, -0.15) is 0 Å². The van der Waals surface area contributed by atoms with E-state index in [1.54, 1.807) is 0 Å². The van der Waals surface area contributed by atoms with Gasteiger partial charge in [0, 0.05) is 19.3 Å². The highest BCUT2D eigenvalue weighted by atomic mass is 16.6. The van der Waals surface area contributed by atoms with Crippen molar-refractivity contribution in [1.82, 2.24) is 0 Å². The number of unbranched alkanes of at least 4 members (excludes halogenated alkanes) is 26. The summed E-state index contributed by atoms with van der Waals surface area (Å²) in [4.78, 5) is 38.2. The fourth-order valence-corrected chi connectivity index (χ4v) is 8.08. The minimum Gasteiger partial charge on any atom is -0.462 e. The molecule has 6 heteroatoms. The summed E-state index contributed by atoms with van der Waals surface area (Å²) >= 11 is 0. The van der Waals surface area contributed by atoms with Crippen molar-refractivity contribution in [3.63, 3.8) is 0 Å². The molecule has 1 atom stereocenters. The highest BCUT2D eigenvalue weighted by molar-refractivity contribution is 5.71. The Bertz CT molecular complexity index is 1410. The lowest BCUT2D eigenvalue weighted by molar-refractivity contribution is -0.167. The molecule has 6 nitrogen and oxygen atoms in total. The zero-order chi connectivity index (χ0) is 51.4. The summed E-state index contributed by atoms with van der Waals surface area (Å²) in [5, 5.41) is 0. The summed E-state index contributed by atoms with van der Waals surface area (Å²) in [6.45, 7) is 6.48. The Morgan fingerprint density at radius 2 is 0.549 bits per heavy atom. The molecular formula is C65H110O6. The van der Waals surface area contributed by atoms with Gasteiger partial charge in [0.15, 0.2) is 6.10 Å². The van der Waals surface area contributed by atoms with Crippen LogP contribution in [0.3, 0.4) is 0 Å². The van der Waals surface area contributed by atoms with Crippen LogP contribution in [-0.2, 0) is 28.6 Å². The molecule has 1 unspecified atom stereocenters. The summed E-state index contributed by atoms with van der Waals surface area (Å²) in [7, 11) is 0.